The van der Waals surface area contributed by atoms with E-state index in [4.69, 9.17) is 5.11 Å². The summed E-state index contributed by atoms with van der Waals surface area (Å²) in [7, 11) is 0. The summed E-state index contributed by atoms with van der Waals surface area (Å²) in [5, 5.41) is 11.8. The van der Waals surface area contributed by atoms with Crippen molar-refractivity contribution in [1.82, 2.24) is 15.3 Å². The molecule has 0 atom stereocenters. The molecule has 0 aliphatic heterocycles. The van der Waals surface area contributed by atoms with Crippen LogP contribution in [0.4, 0.5) is 0 Å². The maximum Gasteiger partial charge on any atom is 0.271 e. The lowest BCUT2D eigenvalue weighted by molar-refractivity contribution is 0.0945. The lowest BCUT2D eigenvalue weighted by Gasteiger charge is -2.05. The number of carbonyl (C=O) groups excluding carboxylic acids is 1. The van der Waals surface area contributed by atoms with E-state index in [2.05, 4.69) is 15.3 Å². The van der Waals surface area contributed by atoms with E-state index in [0.717, 1.165) is 11.1 Å². The molecule has 0 saturated heterocycles. The zero-order chi connectivity index (χ0) is 12.8. The predicted molar refractivity (Wildman–Crippen MR) is 65.6 cm³/mol. The van der Waals surface area contributed by atoms with Crippen LogP contribution in [0.25, 0.3) is 0 Å². The number of hydrogen-bond donors (Lipinski definition) is 2. The van der Waals surface area contributed by atoms with E-state index in [1.54, 1.807) is 0 Å². The molecule has 0 unspecified atom stereocenters. The van der Waals surface area contributed by atoms with Crippen LogP contribution in [0.3, 0.4) is 0 Å². The Morgan fingerprint density at radius 2 is 2.11 bits per heavy atom. The van der Waals surface area contributed by atoms with Crippen molar-refractivity contribution in [3.63, 3.8) is 0 Å². The van der Waals surface area contributed by atoms with Gasteiger partial charge in [0.15, 0.2) is 0 Å². The van der Waals surface area contributed by atoms with E-state index in [1.165, 1.54) is 18.6 Å². The maximum atomic E-state index is 11.7. The van der Waals surface area contributed by atoms with Gasteiger partial charge in [-0.1, -0.05) is 24.3 Å². The fourth-order valence-corrected chi connectivity index (χ4v) is 1.53. The van der Waals surface area contributed by atoms with Crippen LogP contribution < -0.4 is 5.32 Å². The highest BCUT2D eigenvalue weighted by atomic mass is 16.3. The normalized spacial score (nSPS) is 10.1. The molecule has 1 aromatic heterocycles. The number of aliphatic hydroxyl groups is 1. The minimum absolute atomic E-state index is 0.00799. The Bertz CT molecular complexity index is 529. The number of hydrogen-bond acceptors (Lipinski definition) is 4. The molecule has 0 bridgehead atoms. The first-order valence-corrected chi connectivity index (χ1v) is 5.52. The highest BCUT2D eigenvalue weighted by molar-refractivity contribution is 5.91. The van der Waals surface area contributed by atoms with Gasteiger partial charge in [-0.05, 0) is 11.1 Å². The van der Waals surface area contributed by atoms with Crippen molar-refractivity contribution in [3.8, 4) is 0 Å². The van der Waals surface area contributed by atoms with Crippen LogP contribution in [0, 0.1) is 0 Å². The van der Waals surface area contributed by atoms with Crippen molar-refractivity contribution in [3.05, 3.63) is 59.7 Å². The Hall–Kier alpha value is -2.27. The molecule has 5 heteroatoms. The standard InChI is InChI=1S/C13H13N3O2/c17-9-11-3-1-2-10(6-11)7-16-13(18)12-8-14-4-5-15-12/h1-6,8,17H,7,9H2,(H,16,18). The minimum Gasteiger partial charge on any atom is -0.392 e. The van der Waals surface area contributed by atoms with Gasteiger partial charge in [0.05, 0.1) is 12.8 Å². The molecule has 18 heavy (non-hydrogen) atoms. The Morgan fingerprint density at radius 3 is 2.83 bits per heavy atom. The number of nitrogens with one attached hydrogen (secondary N) is 1. The number of aromatic nitrogens is 2. The fourth-order valence-electron chi connectivity index (χ4n) is 1.53. The summed E-state index contributed by atoms with van der Waals surface area (Å²) in [5.74, 6) is -0.266. The largest absolute Gasteiger partial charge is 0.392 e. The third-order valence-corrected chi connectivity index (χ3v) is 2.42. The predicted octanol–water partition coefficient (Wildman–Crippen LogP) is 0.899. The molecule has 1 amide bonds. The van der Waals surface area contributed by atoms with E-state index in [-0.39, 0.29) is 18.2 Å². The lowest BCUT2D eigenvalue weighted by Crippen LogP contribution is -2.23. The summed E-state index contributed by atoms with van der Waals surface area (Å²) >= 11 is 0. The second-order valence-corrected chi connectivity index (χ2v) is 3.75. The molecule has 2 rings (SSSR count). The van der Waals surface area contributed by atoms with Gasteiger partial charge < -0.3 is 10.4 Å². The Labute approximate surface area is 105 Å². The van der Waals surface area contributed by atoms with E-state index in [1.807, 2.05) is 24.3 Å². The van der Waals surface area contributed by atoms with Gasteiger partial charge in [-0.3, -0.25) is 9.78 Å². The second-order valence-electron chi connectivity index (χ2n) is 3.75. The fraction of sp³-hybridized carbons (Fsp3) is 0.154. The second kappa shape index (κ2) is 5.88. The highest BCUT2D eigenvalue weighted by Gasteiger charge is 2.06. The molecule has 0 saturated carbocycles. The zero-order valence-electron chi connectivity index (χ0n) is 9.71. The van der Waals surface area contributed by atoms with Crippen molar-refractivity contribution in [2.24, 2.45) is 0 Å². The number of nitrogens with zero attached hydrogens (tertiary/aromatic N) is 2. The number of benzene rings is 1. The summed E-state index contributed by atoms with van der Waals surface area (Å²) in [6.45, 7) is 0.384. The lowest BCUT2D eigenvalue weighted by atomic mass is 10.1. The molecule has 92 valence electrons. The van der Waals surface area contributed by atoms with Crippen LogP contribution in [0.2, 0.25) is 0 Å². The summed E-state index contributed by atoms with van der Waals surface area (Å²) in [5.41, 5.74) is 2.04. The molecule has 0 radical (unpaired) electrons. The van der Waals surface area contributed by atoms with Crippen molar-refractivity contribution >= 4 is 5.91 Å². The maximum absolute atomic E-state index is 11.7. The average Bonchev–Trinajstić information content (AvgIpc) is 2.46. The molecule has 0 aliphatic carbocycles. The Morgan fingerprint density at radius 1 is 1.28 bits per heavy atom. The van der Waals surface area contributed by atoms with E-state index in [9.17, 15) is 4.79 Å². The van der Waals surface area contributed by atoms with E-state index >= 15 is 0 Å². The van der Waals surface area contributed by atoms with Gasteiger partial charge in [-0.25, -0.2) is 4.98 Å². The van der Waals surface area contributed by atoms with Gasteiger partial charge >= 0.3 is 0 Å². The van der Waals surface area contributed by atoms with Crippen LogP contribution in [-0.2, 0) is 13.2 Å². The molecule has 5 nitrogen and oxygen atoms in total. The monoisotopic (exact) mass is 243 g/mol. The van der Waals surface area contributed by atoms with Crippen LogP contribution in [0.15, 0.2) is 42.9 Å². The third kappa shape index (κ3) is 3.11. The molecule has 0 aliphatic rings. The van der Waals surface area contributed by atoms with Gasteiger partial charge in [0.1, 0.15) is 5.69 Å². The summed E-state index contributed by atoms with van der Waals surface area (Å²) < 4.78 is 0. The minimum atomic E-state index is -0.266. The van der Waals surface area contributed by atoms with Gasteiger partial charge in [-0.2, -0.15) is 0 Å². The Kier molecular flexibility index (Phi) is 3.98. The van der Waals surface area contributed by atoms with Crippen LogP contribution in [0.5, 0.6) is 0 Å². The quantitative estimate of drug-likeness (QED) is 0.836. The first kappa shape index (κ1) is 12.2. The average molecular weight is 243 g/mol. The zero-order valence-corrected chi connectivity index (χ0v) is 9.71. The van der Waals surface area contributed by atoms with Crippen molar-refractivity contribution in [2.45, 2.75) is 13.2 Å². The first-order valence-electron chi connectivity index (χ1n) is 5.52. The summed E-state index contributed by atoms with van der Waals surface area (Å²) in [4.78, 5) is 19.5. The molecule has 1 heterocycles. The van der Waals surface area contributed by atoms with Crippen molar-refractivity contribution in [2.75, 3.05) is 0 Å². The number of aliphatic hydroxyl groups excluding tert-OH is 1. The first-order chi connectivity index (χ1) is 8.79. The highest BCUT2D eigenvalue weighted by Crippen LogP contribution is 2.05. The SMILES string of the molecule is O=C(NCc1cccc(CO)c1)c1cnccn1. The number of amides is 1. The molecule has 0 fully saturated rings. The Balaban J connectivity index is 1.97. The van der Waals surface area contributed by atoms with Gasteiger partial charge in [0.2, 0.25) is 0 Å². The summed E-state index contributed by atoms with van der Waals surface area (Å²) in [6, 6.07) is 7.40. The molecular weight excluding hydrogens is 230 g/mol. The van der Waals surface area contributed by atoms with E-state index < -0.39 is 0 Å². The van der Waals surface area contributed by atoms with Crippen LogP contribution >= 0.6 is 0 Å². The molecule has 2 N–H and O–H groups in total. The van der Waals surface area contributed by atoms with Gasteiger partial charge in [0.25, 0.3) is 5.91 Å². The van der Waals surface area contributed by atoms with Crippen molar-refractivity contribution in [1.29, 1.82) is 0 Å². The van der Waals surface area contributed by atoms with Crippen LogP contribution in [-0.4, -0.2) is 21.0 Å². The van der Waals surface area contributed by atoms with Crippen LogP contribution in [0.1, 0.15) is 21.6 Å². The van der Waals surface area contributed by atoms with Gasteiger partial charge in [0, 0.05) is 18.9 Å². The number of carbonyl (C=O) groups is 1. The third-order valence-electron chi connectivity index (χ3n) is 2.42. The molecule has 2 aromatic rings. The van der Waals surface area contributed by atoms with E-state index in [0.29, 0.717) is 6.54 Å². The number of rotatable bonds is 4. The molecular formula is C13H13N3O2. The van der Waals surface area contributed by atoms with Crippen molar-refractivity contribution < 1.29 is 9.90 Å². The molecule has 1 aromatic carbocycles. The summed E-state index contributed by atoms with van der Waals surface area (Å²) in [6.07, 6.45) is 4.41. The molecule has 0 spiro atoms. The van der Waals surface area contributed by atoms with Gasteiger partial charge in [-0.15, -0.1) is 0 Å². The topological polar surface area (TPSA) is 75.1 Å². The smallest absolute Gasteiger partial charge is 0.271 e.